The van der Waals surface area contributed by atoms with E-state index in [0.717, 1.165) is 11.5 Å². The quantitative estimate of drug-likeness (QED) is 0.793. The maximum atomic E-state index is 11.8. The van der Waals surface area contributed by atoms with E-state index < -0.39 is 0 Å². The summed E-state index contributed by atoms with van der Waals surface area (Å²) in [6.45, 7) is 0.835. The van der Waals surface area contributed by atoms with E-state index in [0.29, 0.717) is 12.1 Å². The first kappa shape index (κ1) is 12.4. The third-order valence-corrected chi connectivity index (χ3v) is 2.58. The van der Waals surface area contributed by atoms with Gasteiger partial charge in [0.15, 0.2) is 5.78 Å². The average molecular weight is 245 g/mol. The minimum Gasteiger partial charge on any atom is -0.497 e. The Labute approximate surface area is 106 Å². The molecule has 1 heterocycles. The number of nitrogens with one attached hydrogen (secondary N) is 1. The van der Waals surface area contributed by atoms with Gasteiger partial charge in [-0.25, -0.2) is 0 Å². The van der Waals surface area contributed by atoms with E-state index in [-0.39, 0.29) is 12.3 Å². The monoisotopic (exact) mass is 245 g/mol. The molecule has 0 saturated carbocycles. The van der Waals surface area contributed by atoms with Crippen LogP contribution < -0.4 is 10.1 Å². The molecule has 4 nitrogen and oxygen atoms in total. The van der Waals surface area contributed by atoms with Crippen LogP contribution in [0, 0.1) is 0 Å². The van der Waals surface area contributed by atoms with Crippen molar-refractivity contribution >= 4 is 5.78 Å². The molecule has 0 bridgehead atoms. The van der Waals surface area contributed by atoms with Gasteiger partial charge in [-0.1, -0.05) is 0 Å². The Balaban J connectivity index is 1.83. The number of ether oxygens (including phenoxy) is 1. The van der Waals surface area contributed by atoms with Crippen LogP contribution in [0.1, 0.15) is 16.1 Å². The number of rotatable bonds is 6. The predicted octanol–water partition coefficient (Wildman–Crippen LogP) is 2.26. The maximum Gasteiger partial charge on any atom is 0.176 e. The minimum absolute atomic E-state index is 0.0456. The van der Waals surface area contributed by atoms with E-state index in [1.165, 1.54) is 0 Å². The smallest absolute Gasteiger partial charge is 0.176 e. The highest BCUT2D eigenvalue weighted by molar-refractivity contribution is 5.97. The number of ketones is 1. The fourth-order valence-electron chi connectivity index (χ4n) is 1.59. The van der Waals surface area contributed by atoms with Gasteiger partial charge in [-0.3, -0.25) is 4.79 Å². The second-order valence-corrected chi connectivity index (χ2v) is 3.83. The van der Waals surface area contributed by atoms with Gasteiger partial charge in [-0.15, -0.1) is 0 Å². The number of carbonyl (C=O) groups is 1. The standard InChI is InChI=1S/C14H15NO3/c1-17-12-6-4-11(5-7-12)14(16)10-15-9-13-3-2-8-18-13/h2-8,15H,9-10H2,1H3. The van der Waals surface area contributed by atoms with Crippen molar-refractivity contribution in [2.24, 2.45) is 0 Å². The molecule has 0 aliphatic rings. The SMILES string of the molecule is COc1ccc(C(=O)CNCc2ccco2)cc1. The van der Waals surface area contributed by atoms with E-state index >= 15 is 0 Å². The Bertz CT molecular complexity index is 488. The lowest BCUT2D eigenvalue weighted by atomic mass is 10.1. The highest BCUT2D eigenvalue weighted by Gasteiger charge is 2.05. The first-order valence-corrected chi connectivity index (χ1v) is 5.70. The predicted molar refractivity (Wildman–Crippen MR) is 67.7 cm³/mol. The number of furan rings is 1. The van der Waals surface area contributed by atoms with Crippen molar-refractivity contribution in [3.05, 3.63) is 54.0 Å². The van der Waals surface area contributed by atoms with E-state index in [4.69, 9.17) is 9.15 Å². The Morgan fingerprint density at radius 1 is 1.28 bits per heavy atom. The highest BCUT2D eigenvalue weighted by Crippen LogP contribution is 2.11. The molecular weight excluding hydrogens is 230 g/mol. The highest BCUT2D eigenvalue weighted by atomic mass is 16.5. The normalized spacial score (nSPS) is 10.3. The molecule has 2 rings (SSSR count). The second kappa shape index (κ2) is 6.02. The number of benzene rings is 1. The Morgan fingerprint density at radius 3 is 2.67 bits per heavy atom. The minimum atomic E-state index is 0.0456. The molecule has 0 radical (unpaired) electrons. The van der Waals surface area contributed by atoms with Crippen LogP contribution in [-0.2, 0) is 6.54 Å². The lowest BCUT2D eigenvalue weighted by Crippen LogP contribution is -2.22. The van der Waals surface area contributed by atoms with Gasteiger partial charge in [0.1, 0.15) is 11.5 Å². The molecule has 1 N–H and O–H groups in total. The van der Waals surface area contributed by atoms with Gasteiger partial charge < -0.3 is 14.5 Å². The van der Waals surface area contributed by atoms with Crippen LogP contribution in [0.25, 0.3) is 0 Å². The average Bonchev–Trinajstić information content (AvgIpc) is 2.92. The molecule has 2 aromatic rings. The molecule has 0 spiro atoms. The van der Waals surface area contributed by atoms with Crippen LogP contribution in [0.4, 0.5) is 0 Å². The summed E-state index contributed by atoms with van der Waals surface area (Å²) in [6.07, 6.45) is 1.61. The molecular formula is C14H15NO3. The number of carbonyl (C=O) groups excluding carboxylic acids is 1. The number of Topliss-reactive ketones (excluding diaryl/α,β-unsaturated/α-hetero) is 1. The van der Waals surface area contributed by atoms with Crippen LogP contribution in [0.15, 0.2) is 47.1 Å². The van der Waals surface area contributed by atoms with Gasteiger partial charge in [0.05, 0.1) is 26.5 Å². The third kappa shape index (κ3) is 3.21. The van der Waals surface area contributed by atoms with Gasteiger partial charge in [-0.2, -0.15) is 0 Å². The summed E-state index contributed by atoms with van der Waals surface area (Å²) in [5, 5.41) is 3.04. The van der Waals surface area contributed by atoms with Crippen molar-refractivity contribution in [2.45, 2.75) is 6.54 Å². The van der Waals surface area contributed by atoms with Gasteiger partial charge in [0.25, 0.3) is 0 Å². The molecule has 4 heteroatoms. The maximum absolute atomic E-state index is 11.8. The van der Waals surface area contributed by atoms with Crippen molar-refractivity contribution in [1.29, 1.82) is 0 Å². The van der Waals surface area contributed by atoms with E-state index in [2.05, 4.69) is 5.32 Å². The summed E-state index contributed by atoms with van der Waals surface area (Å²) in [5.74, 6) is 1.61. The summed E-state index contributed by atoms with van der Waals surface area (Å²) in [7, 11) is 1.60. The molecule has 0 atom stereocenters. The molecule has 0 fully saturated rings. The van der Waals surface area contributed by atoms with Gasteiger partial charge in [-0.05, 0) is 36.4 Å². The van der Waals surface area contributed by atoms with E-state index in [1.807, 2.05) is 12.1 Å². The van der Waals surface area contributed by atoms with Crippen LogP contribution in [0.3, 0.4) is 0 Å². The fraction of sp³-hybridized carbons (Fsp3) is 0.214. The van der Waals surface area contributed by atoms with Crippen LogP contribution in [0.2, 0.25) is 0 Å². The van der Waals surface area contributed by atoms with Crippen molar-refractivity contribution in [3.8, 4) is 5.75 Å². The zero-order valence-corrected chi connectivity index (χ0v) is 10.2. The van der Waals surface area contributed by atoms with Crippen molar-refractivity contribution in [3.63, 3.8) is 0 Å². The van der Waals surface area contributed by atoms with Crippen LogP contribution >= 0.6 is 0 Å². The molecule has 1 aromatic carbocycles. The number of methoxy groups -OCH3 is 1. The van der Waals surface area contributed by atoms with Crippen LogP contribution in [0.5, 0.6) is 5.75 Å². The molecule has 1 aromatic heterocycles. The number of hydrogen-bond donors (Lipinski definition) is 1. The lowest BCUT2D eigenvalue weighted by Gasteiger charge is -2.04. The van der Waals surface area contributed by atoms with E-state index in [9.17, 15) is 4.79 Å². The molecule has 94 valence electrons. The zero-order valence-electron chi connectivity index (χ0n) is 10.2. The van der Waals surface area contributed by atoms with Crippen LogP contribution in [-0.4, -0.2) is 19.4 Å². The van der Waals surface area contributed by atoms with Crippen molar-refractivity contribution < 1.29 is 13.9 Å². The van der Waals surface area contributed by atoms with Gasteiger partial charge in [0.2, 0.25) is 0 Å². The first-order chi connectivity index (χ1) is 8.79. The molecule has 0 aliphatic heterocycles. The summed E-state index contributed by atoms with van der Waals surface area (Å²) < 4.78 is 10.2. The third-order valence-electron chi connectivity index (χ3n) is 2.58. The summed E-state index contributed by atoms with van der Waals surface area (Å²) in [4.78, 5) is 11.8. The topological polar surface area (TPSA) is 51.5 Å². The lowest BCUT2D eigenvalue weighted by molar-refractivity contribution is 0.0990. The number of hydrogen-bond acceptors (Lipinski definition) is 4. The van der Waals surface area contributed by atoms with Gasteiger partial charge >= 0.3 is 0 Å². The largest absolute Gasteiger partial charge is 0.497 e. The Hall–Kier alpha value is -2.07. The Morgan fingerprint density at radius 2 is 2.06 bits per heavy atom. The molecule has 0 unspecified atom stereocenters. The molecule has 0 amide bonds. The molecule has 18 heavy (non-hydrogen) atoms. The summed E-state index contributed by atoms with van der Waals surface area (Å²) in [6, 6.07) is 10.8. The summed E-state index contributed by atoms with van der Waals surface area (Å²) in [5.41, 5.74) is 0.669. The molecule has 0 aliphatic carbocycles. The first-order valence-electron chi connectivity index (χ1n) is 5.70. The Kier molecular flexibility index (Phi) is 4.15. The summed E-state index contributed by atoms with van der Waals surface area (Å²) >= 11 is 0. The van der Waals surface area contributed by atoms with E-state index in [1.54, 1.807) is 37.6 Å². The van der Waals surface area contributed by atoms with Crippen molar-refractivity contribution in [2.75, 3.05) is 13.7 Å². The second-order valence-electron chi connectivity index (χ2n) is 3.83. The fourth-order valence-corrected chi connectivity index (χ4v) is 1.59. The zero-order chi connectivity index (χ0) is 12.8. The van der Waals surface area contributed by atoms with Crippen molar-refractivity contribution in [1.82, 2.24) is 5.32 Å². The van der Waals surface area contributed by atoms with Gasteiger partial charge in [0, 0.05) is 5.56 Å². The molecule has 0 saturated heterocycles.